The minimum absolute atomic E-state index is 0.301. The molecule has 0 saturated carbocycles. The van der Waals surface area contributed by atoms with Crippen LogP contribution >= 0.6 is 0 Å². The molecule has 0 aliphatic rings. The molecule has 13 heavy (non-hydrogen) atoms. The lowest BCUT2D eigenvalue weighted by molar-refractivity contribution is 0.771. The predicted molar refractivity (Wildman–Crippen MR) is 50.8 cm³/mol. The standard InChI is InChI=1S/C9H12N2O2/c1-3-4-5-7-6-11(2)9(13)10-8(7)12/h3,6H,1,4-5H2,2H3,(H,10,12,13). The quantitative estimate of drug-likeness (QED) is 0.675. The molecular weight excluding hydrogens is 168 g/mol. The third kappa shape index (κ3) is 2.18. The van der Waals surface area contributed by atoms with Crippen molar-refractivity contribution in [2.45, 2.75) is 12.8 Å². The molecule has 1 N–H and O–H groups in total. The summed E-state index contributed by atoms with van der Waals surface area (Å²) in [5.74, 6) is 0. The summed E-state index contributed by atoms with van der Waals surface area (Å²) in [7, 11) is 1.61. The molecule has 70 valence electrons. The van der Waals surface area contributed by atoms with E-state index in [0.29, 0.717) is 12.0 Å². The van der Waals surface area contributed by atoms with Gasteiger partial charge in [0.05, 0.1) is 0 Å². The van der Waals surface area contributed by atoms with Crippen LogP contribution in [0.3, 0.4) is 0 Å². The molecule has 4 heteroatoms. The zero-order valence-corrected chi connectivity index (χ0v) is 7.54. The van der Waals surface area contributed by atoms with Gasteiger partial charge in [-0.25, -0.2) is 4.79 Å². The lowest BCUT2D eigenvalue weighted by atomic mass is 10.2. The zero-order valence-electron chi connectivity index (χ0n) is 7.54. The van der Waals surface area contributed by atoms with Gasteiger partial charge in [0.25, 0.3) is 5.56 Å². The van der Waals surface area contributed by atoms with Crippen molar-refractivity contribution in [3.63, 3.8) is 0 Å². The highest BCUT2D eigenvalue weighted by molar-refractivity contribution is 5.05. The summed E-state index contributed by atoms with van der Waals surface area (Å²) in [6.45, 7) is 3.56. The van der Waals surface area contributed by atoms with Gasteiger partial charge in [-0.05, 0) is 12.8 Å². The van der Waals surface area contributed by atoms with Crippen LogP contribution in [-0.4, -0.2) is 9.55 Å². The van der Waals surface area contributed by atoms with E-state index in [4.69, 9.17) is 0 Å². The van der Waals surface area contributed by atoms with E-state index in [0.717, 1.165) is 6.42 Å². The SMILES string of the molecule is C=CCCc1cn(C)c(=O)[nH]c1=O. The first kappa shape index (κ1) is 9.51. The third-order valence-electron chi connectivity index (χ3n) is 1.80. The highest BCUT2D eigenvalue weighted by Gasteiger charge is 2.00. The summed E-state index contributed by atoms with van der Waals surface area (Å²) in [6, 6.07) is 0. The van der Waals surface area contributed by atoms with Gasteiger partial charge in [0, 0.05) is 18.8 Å². The number of aromatic amines is 1. The van der Waals surface area contributed by atoms with Crippen LogP contribution in [0.4, 0.5) is 0 Å². The van der Waals surface area contributed by atoms with Crippen LogP contribution in [0.15, 0.2) is 28.4 Å². The van der Waals surface area contributed by atoms with Gasteiger partial charge in [-0.2, -0.15) is 0 Å². The number of H-pyrrole nitrogens is 1. The molecule has 1 aromatic rings. The molecule has 1 rings (SSSR count). The smallest absolute Gasteiger partial charge is 0.303 e. The fraction of sp³-hybridized carbons (Fsp3) is 0.333. The largest absolute Gasteiger partial charge is 0.328 e. The van der Waals surface area contributed by atoms with E-state index >= 15 is 0 Å². The summed E-state index contributed by atoms with van der Waals surface area (Å²) >= 11 is 0. The molecule has 0 bridgehead atoms. The number of nitrogens with zero attached hydrogens (tertiary/aromatic N) is 1. The van der Waals surface area contributed by atoms with E-state index in [1.807, 2.05) is 0 Å². The molecule has 0 atom stereocenters. The van der Waals surface area contributed by atoms with Crippen molar-refractivity contribution in [3.8, 4) is 0 Å². The zero-order chi connectivity index (χ0) is 9.84. The summed E-state index contributed by atoms with van der Waals surface area (Å²) in [6.07, 6.45) is 4.66. The number of nitrogens with one attached hydrogen (secondary N) is 1. The first-order chi connectivity index (χ1) is 6.15. The maximum Gasteiger partial charge on any atom is 0.328 e. The van der Waals surface area contributed by atoms with Gasteiger partial charge in [0.15, 0.2) is 0 Å². The van der Waals surface area contributed by atoms with Gasteiger partial charge in [-0.15, -0.1) is 6.58 Å². The first-order valence-electron chi connectivity index (χ1n) is 4.05. The molecule has 0 aliphatic heterocycles. The number of hydrogen-bond acceptors (Lipinski definition) is 2. The third-order valence-corrected chi connectivity index (χ3v) is 1.80. The van der Waals surface area contributed by atoms with Gasteiger partial charge in [-0.1, -0.05) is 6.08 Å². The summed E-state index contributed by atoms with van der Waals surface area (Å²) in [5, 5.41) is 0. The second-order valence-corrected chi connectivity index (χ2v) is 2.85. The van der Waals surface area contributed by atoms with Crippen LogP contribution < -0.4 is 11.2 Å². The van der Waals surface area contributed by atoms with E-state index in [1.54, 1.807) is 19.3 Å². The van der Waals surface area contributed by atoms with Gasteiger partial charge in [-0.3, -0.25) is 9.78 Å². The highest BCUT2D eigenvalue weighted by Crippen LogP contribution is 1.93. The topological polar surface area (TPSA) is 54.9 Å². The van der Waals surface area contributed by atoms with Crippen LogP contribution in [0.25, 0.3) is 0 Å². The molecule has 0 aliphatic carbocycles. The number of hydrogen-bond donors (Lipinski definition) is 1. The Morgan fingerprint density at radius 3 is 2.92 bits per heavy atom. The molecule has 0 aromatic carbocycles. The van der Waals surface area contributed by atoms with E-state index in [1.165, 1.54) is 4.57 Å². The highest BCUT2D eigenvalue weighted by atomic mass is 16.2. The van der Waals surface area contributed by atoms with Crippen LogP contribution in [-0.2, 0) is 13.5 Å². The Kier molecular flexibility index (Phi) is 2.84. The Bertz CT molecular complexity index is 414. The van der Waals surface area contributed by atoms with Gasteiger partial charge >= 0.3 is 5.69 Å². The fourth-order valence-electron chi connectivity index (χ4n) is 1.05. The lowest BCUT2D eigenvalue weighted by Gasteiger charge is -1.99. The van der Waals surface area contributed by atoms with E-state index in [-0.39, 0.29) is 11.2 Å². The molecule has 0 spiro atoms. The number of aryl methyl sites for hydroxylation is 2. The Hall–Kier alpha value is -1.58. The van der Waals surface area contributed by atoms with Crippen molar-refractivity contribution in [2.24, 2.45) is 7.05 Å². The Balaban J connectivity index is 3.08. The Labute approximate surface area is 75.5 Å². The molecule has 4 nitrogen and oxygen atoms in total. The molecular formula is C9H12N2O2. The van der Waals surface area contributed by atoms with Crippen molar-refractivity contribution in [3.05, 3.63) is 45.3 Å². The minimum Gasteiger partial charge on any atom is -0.303 e. The Morgan fingerprint density at radius 1 is 1.62 bits per heavy atom. The van der Waals surface area contributed by atoms with Gasteiger partial charge in [0.1, 0.15) is 0 Å². The summed E-state index contributed by atoms with van der Waals surface area (Å²) < 4.78 is 1.36. The monoisotopic (exact) mass is 180 g/mol. The molecule has 0 amide bonds. The first-order valence-corrected chi connectivity index (χ1v) is 4.05. The maximum atomic E-state index is 11.2. The van der Waals surface area contributed by atoms with Crippen LogP contribution in [0, 0.1) is 0 Å². The average Bonchev–Trinajstić information content (AvgIpc) is 2.09. The molecule has 0 fully saturated rings. The normalized spacial score (nSPS) is 9.92. The fourth-order valence-corrected chi connectivity index (χ4v) is 1.05. The number of rotatable bonds is 3. The Morgan fingerprint density at radius 2 is 2.31 bits per heavy atom. The van der Waals surface area contributed by atoms with Crippen LogP contribution in [0.1, 0.15) is 12.0 Å². The molecule has 1 heterocycles. The van der Waals surface area contributed by atoms with E-state index < -0.39 is 0 Å². The second kappa shape index (κ2) is 3.89. The summed E-state index contributed by atoms with van der Waals surface area (Å²) in [5.41, 5.74) is -0.0701. The van der Waals surface area contributed by atoms with Crippen LogP contribution in [0.5, 0.6) is 0 Å². The molecule has 0 radical (unpaired) electrons. The van der Waals surface area contributed by atoms with E-state index in [2.05, 4.69) is 11.6 Å². The molecule has 0 unspecified atom stereocenters. The summed E-state index contributed by atoms with van der Waals surface area (Å²) in [4.78, 5) is 24.4. The lowest BCUT2D eigenvalue weighted by Crippen LogP contribution is -2.29. The second-order valence-electron chi connectivity index (χ2n) is 2.85. The maximum absolute atomic E-state index is 11.2. The van der Waals surface area contributed by atoms with Gasteiger partial charge < -0.3 is 4.57 Å². The van der Waals surface area contributed by atoms with Crippen molar-refractivity contribution in [1.29, 1.82) is 0 Å². The van der Waals surface area contributed by atoms with Crippen molar-refractivity contribution in [2.75, 3.05) is 0 Å². The number of allylic oxidation sites excluding steroid dienone is 1. The molecule has 1 aromatic heterocycles. The van der Waals surface area contributed by atoms with Crippen LogP contribution in [0.2, 0.25) is 0 Å². The van der Waals surface area contributed by atoms with E-state index in [9.17, 15) is 9.59 Å². The minimum atomic E-state index is -0.382. The molecule has 0 saturated heterocycles. The van der Waals surface area contributed by atoms with Crippen molar-refractivity contribution >= 4 is 0 Å². The van der Waals surface area contributed by atoms with Crippen molar-refractivity contribution in [1.82, 2.24) is 9.55 Å². The van der Waals surface area contributed by atoms with Gasteiger partial charge in [0.2, 0.25) is 0 Å². The number of aromatic nitrogens is 2. The average molecular weight is 180 g/mol. The predicted octanol–water partition coefficient (Wildman–Crippen LogP) is 0.192. The van der Waals surface area contributed by atoms with Crippen molar-refractivity contribution < 1.29 is 0 Å².